The molecule has 0 aromatic heterocycles. The molecule has 208 valence electrons. The van der Waals surface area contributed by atoms with E-state index in [4.69, 9.17) is 47.6 Å². The summed E-state index contributed by atoms with van der Waals surface area (Å²) in [4.78, 5) is 53.6. The second-order valence-electron chi connectivity index (χ2n) is 8.23. The average molecular weight is 658 g/mol. The lowest BCUT2D eigenvalue weighted by Crippen LogP contribution is -2.33. The summed E-state index contributed by atoms with van der Waals surface area (Å²) in [6, 6.07) is 8.40. The number of hydrogen-bond acceptors (Lipinski definition) is 10. The van der Waals surface area contributed by atoms with Gasteiger partial charge in [-0.1, -0.05) is 71.2 Å². The number of halogens is 2. The maximum absolute atomic E-state index is 13.1. The fourth-order valence-electron chi connectivity index (χ4n) is 3.52. The zero-order valence-electron chi connectivity index (χ0n) is 20.1. The highest BCUT2D eigenvalue weighted by atomic mass is 35.5. The van der Waals surface area contributed by atoms with Crippen molar-refractivity contribution in [2.45, 2.75) is 12.8 Å². The molecule has 4 N–H and O–H groups in total. The van der Waals surface area contributed by atoms with E-state index >= 15 is 0 Å². The molecule has 2 aliphatic heterocycles. The summed E-state index contributed by atoms with van der Waals surface area (Å²) in [5.74, 6) is -2.37. The van der Waals surface area contributed by atoms with Gasteiger partial charge in [-0.05, 0) is 36.4 Å². The van der Waals surface area contributed by atoms with E-state index in [2.05, 4.69) is 10.6 Å². The third-order valence-electron chi connectivity index (χ3n) is 5.49. The molecule has 2 heterocycles. The van der Waals surface area contributed by atoms with Gasteiger partial charge in [0.1, 0.15) is 20.1 Å². The zero-order chi connectivity index (χ0) is 29.1. The van der Waals surface area contributed by atoms with Crippen molar-refractivity contribution in [3.63, 3.8) is 0 Å². The Bertz CT molecular complexity index is 1390. The quantitative estimate of drug-likeness (QED) is 0.180. The van der Waals surface area contributed by atoms with Crippen LogP contribution in [-0.2, 0) is 19.2 Å². The van der Waals surface area contributed by atoms with E-state index in [1.54, 1.807) is 0 Å². The molecule has 10 nitrogen and oxygen atoms in total. The second kappa shape index (κ2) is 12.7. The van der Waals surface area contributed by atoms with Gasteiger partial charge in [-0.15, -0.1) is 0 Å². The summed E-state index contributed by atoms with van der Waals surface area (Å²) in [7, 11) is 0. The van der Waals surface area contributed by atoms with Crippen molar-refractivity contribution in [2.75, 3.05) is 23.7 Å². The minimum Gasteiger partial charge on any atom is -0.506 e. The van der Waals surface area contributed by atoms with E-state index in [9.17, 15) is 29.4 Å². The number of carbonyl (C=O) groups is 4. The zero-order valence-corrected chi connectivity index (χ0v) is 24.9. The maximum atomic E-state index is 13.1. The highest BCUT2D eigenvalue weighted by Crippen LogP contribution is 2.42. The summed E-state index contributed by atoms with van der Waals surface area (Å²) < 4.78 is 0.341. The van der Waals surface area contributed by atoms with Crippen LogP contribution in [0.15, 0.2) is 46.2 Å². The van der Waals surface area contributed by atoms with Crippen LogP contribution >= 0.6 is 71.2 Å². The Labute approximate surface area is 257 Å². The van der Waals surface area contributed by atoms with Gasteiger partial charge in [0.05, 0.1) is 21.2 Å². The Balaban J connectivity index is 1.36. The van der Waals surface area contributed by atoms with E-state index in [-0.39, 0.29) is 67.3 Å². The van der Waals surface area contributed by atoms with E-state index in [0.717, 1.165) is 23.5 Å². The number of nitrogens with zero attached hydrogens (tertiary/aromatic N) is 2. The van der Waals surface area contributed by atoms with Crippen molar-refractivity contribution in [2.24, 2.45) is 0 Å². The van der Waals surface area contributed by atoms with E-state index in [1.165, 1.54) is 46.2 Å². The monoisotopic (exact) mass is 656 g/mol. The van der Waals surface area contributed by atoms with Gasteiger partial charge in [-0.3, -0.25) is 29.0 Å². The minimum absolute atomic E-state index is 0.0574. The van der Waals surface area contributed by atoms with Crippen LogP contribution in [0.1, 0.15) is 12.8 Å². The summed E-state index contributed by atoms with van der Waals surface area (Å²) in [5.41, 5.74) is 0.259. The van der Waals surface area contributed by atoms with Crippen LogP contribution in [0.3, 0.4) is 0 Å². The lowest BCUT2D eigenvalue weighted by atomic mass is 10.2. The number of phenols is 2. The SMILES string of the molecule is O=C(CCN1C(=O)C(=C2SC(=S)N(CCC(=O)Nc3cc(Cl)ccc3O)C2=O)SC1=S)Nc1cc(Cl)ccc1O. The van der Waals surface area contributed by atoms with Crippen LogP contribution in [0.25, 0.3) is 0 Å². The number of rotatable bonds is 8. The summed E-state index contributed by atoms with van der Waals surface area (Å²) in [5, 5.41) is 25.4. The number of thiocarbonyl (C=S) groups is 2. The van der Waals surface area contributed by atoms with E-state index < -0.39 is 23.6 Å². The van der Waals surface area contributed by atoms with Gasteiger partial charge < -0.3 is 20.8 Å². The van der Waals surface area contributed by atoms with Gasteiger partial charge in [0.15, 0.2) is 0 Å². The smallest absolute Gasteiger partial charge is 0.267 e. The minimum atomic E-state index is -0.539. The third kappa shape index (κ3) is 6.87. The third-order valence-corrected chi connectivity index (χ3v) is 8.99. The summed E-state index contributed by atoms with van der Waals surface area (Å²) in [6.07, 6.45) is -0.270. The Kier molecular flexibility index (Phi) is 9.59. The van der Waals surface area contributed by atoms with Gasteiger partial charge >= 0.3 is 0 Å². The molecule has 2 saturated heterocycles. The molecule has 0 aliphatic carbocycles. The molecule has 0 radical (unpaired) electrons. The average Bonchev–Trinajstić information content (AvgIpc) is 3.34. The summed E-state index contributed by atoms with van der Waals surface area (Å²) in [6.45, 7) is -0.115. The Morgan fingerprint density at radius 1 is 0.750 bits per heavy atom. The first-order chi connectivity index (χ1) is 18.9. The van der Waals surface area contributed by atoms with E-state index in [0.29, 0.717) is 10.0 Å². The molecule has 0 bridgehead atoms. The Hall–Kier alpha value is -2.88. The van der Waals surface area contributed by atoms with Crippen LogP contribution in [0.5, 0.6) is 11.5 Å². The number of hydrogen-bond donors (Lipinski definition) is 4. The highest BCUT2D eigenvalue weighted by Gasteiger charge is 2.42. The van der Waals surface area contributed by atoms with Crippen LogP contribution in [-0.4, -0.2) is 65.4 Å². The largest absolute Gasteiger partial charge is 0.506 e. The molecule has 0 unspecified atom stereocenters. The molecule has 0 spiro atoms. The first-order valence-electron chi connectivity index (χ1n) is 11.3. The molecule has 2 fully saturated rings. The Morgan fingerprint density at radius 2 is 1.12 bits per heavy atom. The number of aromatic hydroxyl groups is 2. The first kappa shape index (κ1) is 30.1. The van der Waals surface area contributed by atoms with Crippen molar-refractivity contribution in [3.8, 4) is 11.5 Å². The number of phenolic OH excluding ortho intramolecular Hbond substituents is 2. The molecule has 2 aromatic carbocycles. The highest BCUT2D eigenvalue weighted by molar-refractivity contribution is 8.29. The van der Waals surface area contributed by atoms with Crippen molar-refractivity contribution in [1.82, 2.24) is 9.80 Å². The molecule has 40 heavy (non-hydrogen) atoms. The van der Waals surface area contributed by atoms with Crippen molar-refractivity contribution >= 4 is 115 Å². The van der Waals surface area contributed by atoms with Crippen molar-refractivity contribution in [1.29, 1.82) is 0 Å². The maximum Gasteiger partial charge on any atom is 0.267 e. The fraction of sp³-hybridized carbons (Fsp3) is 0.167. The van der Waals surface area contributed by atoms with Crippen molar-refractivity contribution < 1.29 is 29.4 Å². The van der Waals surface area contributed by atoms with Crippen LogP contribution in [0, 0.1) is 0 Å². The normalized spacial score (nSPS) is 17.1. The summed E-state index contributed by atoms with van der Waals surface area (Å²) >= 11 is 24.3. The molecule has 0 atom stereocenters. The lowest BCUT2D eigenvalue weighted by molar-refractivity contribution is -0.125. The van der Waals surface area contributed by atoms with Gasteiger partial charge in [0.25, 0.3) is 11.8 Å². The van der Waals surface area contributed by atoms with Gasteiger partial charge in [0, 0.05) is 36.0 Å². The number of carbonyl (C=O) groups excluding carboxylic acids is 4. The van der Waals surface area contributed by atoms with Crippen LogP contribution in [0.2, 0.25) is 10.0 Å². The number of amides is 4. The van der Waals surface area contributed by atoms with Crippen molar-refractivity contribution in [3.05, 3.63) is 56.3 Å². The molecule has 0 saturated carbocycles. The van der Waals surface area contributed by atoms with Gasteiger partial charge in [-0.2, -0.15) is 0 Å². The predicted molar refractivity (Wildman–Crippen MR) is 164 cm³/mol. The topological polar surface area (TPSA) is 139 Å². The molecule has 4 rings (SSSR count). The van der Waals surface area contributed by atoms with Gasteiger partial charge in [-0.25, -0.2) is 0 Å². The molecule has 16 heteroatoms. The van der Waals surface area contributed by atoms with E-state index in [1.807, 2.05) is 0 Å². The standard InChI is InChI=1S/C24H18Cl2N4O6S4/c25-11-1-3-15(31)13(9-11)27-17(33)5-7-29-21(35)19(39-23(29)37)20-22(36)30(24(38)40-20)8-6-18(34)28-14-10-12(26)2-4-16(14)32/h1-4,9-10,31-32H,5-8H2,(H,27,33)(H,28,34). The number of nitrogens with one attached hydrogen (secondary N) is 2. The van der Waals surface area contributed by atoms with Crippen LogP contribution in [0.4, 0.5) is 11.4 Å². The number of thioether (sulfide) groups is 2. The molecule has 2 aromatic rings. The van der Waals surface area contributed by atoms with Gasteiger partial charge in [0.2, 0.25) is 11.8 Å². The number of anilines is 2. The second-order valence-corrected chi connectivity index (χ2v) is 12.4. The predicted octanol–water partition coefficient (Wildman–Crippen LogP) is 4.69. The molecular weight excluding hydrogens is 639 g/mol. The van der Waals surface area contributed by atoms with Crippen LogP contribution < -0.4 is 10.6 Å². The molecule has 2 aliphatic rings. The molecule has 4 amide bonds. The Morgan fingerprint density at radius 3 is 1.50 bits per heavy atom. The molecular formula is C24H18Cl2N4O6S4. The lowest BCUT2D eigenvalue weighted by Gasteiger charge is -2.15. The number of benzene rings is 2. The fourth-order valence-corrected chi connectivity index (χ4v) is 6.64. The first-order valence-corrected chi connectivity index (χ1v) is 14.5.